The predicted molar refractivity (Wildman–Crippen MR) is 54.7 cm³/mol. The fourth-order valence-electron chi connectivity index (χ4n) is 0.675. The Morgan fingerprint density at radius 2 is 1.92 bits per heavy atom. The van der Waals surface area contributed by atoms with Crippen molar-refractivity contribution in [3.05, 3.63) is 0 Å². The molecule has 0 amide bonds. The summed E-state index contributed by atoms with van der Waals surface area (Å²) in [4.78, 5) is 0. The molecule has 0 saturated heterocycles. The largest absolute Gasteiger partial charge is 0.396 e. The average Bonchev–Trinajstić information content (AvgIpc) is 1.94. The van der Waals surface area contributed by atoms with Crippen LogP contribution in [0.5, 0.6) is 0 Å². The van der Waals surface area contributed by atoms with Crippen LogP contribution in [0.1, 0.15) is 27.2 Å². The Balaban J connectivity index is 3.01. The van der Waals surface area contributed by atoms with E-state index < -0.39 is 0 Å². The van der Waals surface area contributed by atoms with Gasteiger partial charge in [0.15, 0.2) is 0 Å². The van der Waals surface area contributed by atoms with E-state index in [1.165, 1.54) is 0 Å². The van der Waals surface area contributed by atoms with E-state index in [1.54, 1.807) is 0 Å². The van der Waals surface area contributed by atoms with Crippen LogP contribution in [0.4, 0.5) is 0 Å². The molecule has 0 fully saturated rings. The quantitative estimate of drug-likeness (QED) is 0.652. The number of hydrogen-bond acceptors (Lipinski definition) is 3. The molecule has 12 heavy (non-hydrogen) atoms. The minimum atomic E-state index is -0.0163. The number of ether oxygens (including phenoxy) is 1. The van der Waals surface area contributed by atoms with Gasteiger partial charge in [-0.3, -0.25) is 0 Å². The highest BCUT2D eigenvalue weighted by Gasteiger charge is 2.08. The molecule has 0 aromatic rings. The molecule has 0 aliphatic carbocycles. The van der Waals surface area contributed by atoms with Crippen LogP contribution in [0.2, 0.25) is 0 Å². The van der Waals surface area contributed by atoms with Crippen molar-refractivity contribution in [2.24, 2.45) is 0 Å². The van der Waals surface area contributed by atoms with Gasteiger partial charge >= 0.3 is 0 Å². The summed E-state index contributed by atoms with van der Waals surface area (Å²) < 4.78 is 5.53. The zero-order chi connectivity index (χ0) is 9.45. The molecule has 0 rings (SSSR count). The van der Waals surface area contributed by atoms with Crippen LogP contribution in [-0.2, 0) is 4.74 Å². The standard InChI is InChI=1S/C9H20O2S/c1-9(2,3)11-6-8-12-7-4-5-10/h10H,4-8H2,1-3H3. The van der Waals surface area contributed by atoms with Crippen molar-refractivity contribution in [3.63, 3.8) is 0 Å². The van der Waals surface area contributed by atoms with Crippen molar-refractivity contribution in [1.82, 2.24) is 0 Å². The highest BCUT2D eigenvalue weighted by atomic mass is 32.2. The van der Waals surface area contributed by atoms with Crippen LogP contribution in [0, 0.1) is 0 Å². The molecule has 0 atom stereocenters. The molecular weight excluding hydrogens is 172 g/mol. The van der Waals surface area contributed by atoms with Gasteiger partial charge in [0.2, 0.25) is 0 Å². The van der Waals surface area contributed by atoms with E-state index in [2.05, 4.69) is 20.8 Å². The molecule has 2 nitrogen and oxygen atoms in total. The Labute approximate surface area is 79.7 Å². The normalized spacial score (nSPS) is 12.0. The van der Waals surface area contributed by atoms with E-state index in [-0.39, 0.29) is 5.60 Å². The Morgan fingerprint density at radius 1 is 1.25 bits per heavy atom. The van der Waals surface area contributed by atoms with E-state index in [9.17, 15) is 0 Å². The SMILES string of the molecule is CC(C)(C)OCCSCCCO. The molecule has 0 saturated carbocycles. The van der Waals surface area contributed by atoms with Gasteiger partial charge in [0.25, 0.3) is 0 Å². The second kappa shape index (κ2) is 6.75. The van der Waals surface area contributed by atoms with Gasteiger partial charge in [-0.05, 0) is 32.9 Å². The van der Waals surface area contributed by atoms with Crippen molar-refractivity contribution in [2.45, 2.75) is 32.8 Å². The molecule has 0 aliphatic rings. The minimum absolute atomic E-state index is 0.0163. The van der Waals surface area contributed by atoms with Gasteiger partial charge in [-0.2, -0.15) is 11.8 Å². The summed E-state index contributed by atoms with van der Waals surface area (Å²) in [6.07, 6.45) is 0.889. The maximum absolute atomic E-state index is 8.51. The summed E-state index contributed by atoms with van der Waals surface area (Å²) >= 11 is 1.83. The third-order valence-corrected chi connectivity index (χ3v) is 2.24. The molecule has 1 N–H and O–H groups in total. The zero-order valence-corrected chi connectivity index (χ0v) is 9.12. The Kier molecular flexibility index (Phi) is 6.90. The molecular formula is C9H20O2S. The smallest absolute Gasteiger partial charge is 0.0598 e. The zero-order valence-electron chi connectivity index (χ0n) is 8.30. The van der Waals surface area contributed by atoms with E-state index in [4.69, 9.17) is 9.84 Å². The summed E-state index contributed by atoms with van der Waals surface area (Å²) in [5, 5.41) is 8.51. The van der Waals surface area contributed by atoms with Crippen molar-refractivity contribution in [3.8, 4) is 0 Å². The van der Waals surface area contributed by atoms with Gasteiger partial charge in [0.05, 0.1) is 12.2 Å². The van der Waals surface area contributed by atoms with Gasteiger partial charge in [-0.1, -0.05) is 0 Å². The van der Waals surface area contributed by atoms with Gasteiger partial charge in [0, 0.05) is 12.4 Å². The van der Waals surface area contributed by atoms with Crippen molar-refractivity contribution in [1.29, 1.82) is 0 Å². The molecule has 3 heteroatoms. The molecule has 0 aromatic carbocycles. The van der Waals surface area contributed by atoms with Crippen LogP contribution >= 0.6 is 11.8 Å². The molecule has 0 unspecified atom stereocenters. The predicted octanol–water partition coefficient (Wildman–Crippen LogP) is 1.92. The highest BCUT2D eigenvalue weighted by Crippen LogP contribution is 2.08. The van der Waals surface area contributed by atoms with E-state index in [1.807, 2.05) is 11.8 Å². The highest BCUT2D eigenvalue weighted by molar-refractivity contribution is 7.99. The monoisotopic (exact) mass is 192 g/mol. The van der Waals surface area contributed by atoms with Crippen LogP contribution in [-0.4, -0.2) is 35.4 Å². The van der Waals surface area contributed by atoms with Crippen molar-refractivity contribution >= 4 is 11.8 Å². The van der Waals surface area contributed by atoms with Crippen LogP contribution in [0.3, 0.4) is 0 Å². The topological polar surface area (TPSA) is 29.5 Å². The lowest BCUT2D eigenvalue weighted by Gasteiger charge is -2.19. The van der Waals surface area contributed by atoms with Crippen molar-refractivity contribution in [2.75, 3.05) is 24.7 Å². The first-order valence-electron chi connectivity index (χ1n) is 4.39. The first-order valence-corrected chi connectivity index (χ1v) is 5.54. The third kappa shape index (κ3) is 10.3. The fourth-order valence-corrected chi connectivity index (χ4v) is 1.41. The van der Waals surface area contributed by atoms with Crippen molar-refractivity contribution < 1.29 is 9.84 Å². The maximum Gasteiger partial charge on any atom is 0.0598 e. The van der Waals surface area contributed by atoms with Gasteiger partial charge in [-0.15, -0.1) is 0 Å². The molecule has 74 valence electrons. The first kappa shape index (κ1) is 12.3. The number of hydrogen-bond donors (Lipinski definition) is 1. The van der Waals surface area contributed by atoms with Crippen LogP contribution in [0.15, 0.2) is 0 Å². The maximum atomic E-state index is 8.51. The van der Waals surface area contributed by atoms with Gasteiger partial charge in [0.1, 0.15) is 0 Å². The summed E-state index contributed by atoms with van der Waals surface area (Å²) in [5.41, 5.74) is -0.0163. The fraction of sp³-hybridized carbons (Fsp3) is 1.00. The number of thioether (sulfide) groups is 1. The van der Waals surface area contributed by atoms with E-state index >= 15 is 0 Å². The Morgan fingerprint density at radius 3 is 2.42 bits per heavy atom. The lowest BCUT2D eigenvalue weighted by molar-refractivity contribution is 0.00694. The van der Waals surface area contributed by atoms with Crippen LogP contribution in [0.25, 0.3) is 0 Å². The van der Waals surface area contributed by atoms with E-state index in [0.29, 0.717) is 6.61 Å². The lowest BCUT2D eigenvalue weighted by atomic mass is 10.2. The molecule has 0 spiro atoms. The molecule has 0 aliphatic heterocycles. The first-order chi connectivity index (χ1) is 5.56. The lowest BCUT2D eigenvalue weighted by Crippen LogP contribution is -2.20. The van der Waals surface area contributed by atoms with E-state index in [0.717, 1.165) is 24.5 Å². The second-order valence-corrected chi connectivity index (χ2v) is 4.88. The number of aliphatic hydroxyl groups is 1. The Hall–Kier alpha value is 0.270. The third-order valence-electron chi connectivity index (χ3n) is 1.21. The molecule has 0 heterocycles. The summed E-state index contributed by atoms with van der Waals surface area (Å²) in [6, 6.07) is 0. The Bertz CT molecular complexity index is 99.2. The average molecular weight is 192 g/mol. The number of rotatable bonds is 6. The number of aliphatic hydroxyl groups excluding tert-OH is 1. The second-order valence-electron chi connectivity index (χ2n) is 3.65. The summed E-state index contributed by atoms with van der Waals surface area (Å²) in [7, 11) is 0. The molecule has 0 aromatic heterocycles. The molecule has 0 radical (unpaired) electrons. The summed E-state index contributed by atoms with van der Waals surface area (Å²) in [6.45, 7) is 7.29. The van der Waals surface area contributed by atoms with Gasteiger partial charge in [-0.25, -0.2) is 0 Å². The minimum Gasteiger partial charge on any atom is -0.396 e. The van der Waals surface area contributed by atoms with Crippen LogP contribution < -0.4 is 0 Å². The molecule has 0 bridgehead atoms. The summed E-state index contributed by atoms with van der Waals surface area (Å²) in [5.74, 6) is 2.06. The van der Waals surface area contributed by atoms with Gasteiger partial charge < -0.3 is 9.84 Å².